The first-order chi connectivity index (χ1) is 10.2. The Balaban J connectivity index is 1.78. The lowest BCUT2D eigenvalue weighted by Gasteiger charge is -2.03. The van der Waals surface area contributed by atoms with Crippen molar-refractivity contribution in [1.82, 2.24) is 15.0 Å². The van der Waals surface area contributed by atoms with Crippen LogP contribution in [0.25, 0.3) is 11.8 Å². The number of carbonyl (C=O) groups excluding carboxylic acids is 1. The number of aromatic nitrogens is 3. The molecule has 0 aliphatic heterocycles. The summed E-state index contributed by atoms with van der Waals surface area (Å²) < 4.78 is 6.86. The molecule has 0 radical (unpaired) electrons. The molecule has 0 fully saturated rings. The third-order valence-electron chi connectivity index (χ3n) is 3.06. The Labute approximate surface area is 121 Å². The highest BCUT2D eigenvalue weighted by atomic mass is 16.3. The number of allylic oxidation sites excluding steroid dienone is 1. The maximum Gasteiger partial charge on any atom is 0.185 e. The number of furan rings is 1. The van der Waals surface area contributed by atoms with Gasteiger partial charge in [-0.2, -0.15) is 0 Å². The molecule has 2 heterocycles. The highest BCUT2D eigenvalue weighted by molar-refractivity contribution is 6.06. The normalized spacial score (nSPS) is 11.1. The molecule has 3 rings (SSSR count). The van der Waals surface area contributed by atoms with Crippen LogP contribution >= 0.6 is 0 Å². The van der Waals surface area contributed by atoms with Crippen molar-refractivity contribution < 1.29 is 9.21 Å². The molecule has 0 amide bonds. The molecule has 0 saturated carbocycles. The molecule has 2 aromatic heterocycles. The van der Waals surface area contributed by atoms with E-state index in [1.54, 1.807) is 47.5 Å². The van der Waals surface area contributed by atoms with Crippen molar-refractivity contribution >= 4 is 11.9 Å². The zero-order valence-electron chi connectivity index (χ0n) is 11.4. The van der Waals surface area contributed by atoms with Crippen molar-refractivity contribution in [2.75, 3.05) is 0 Å². The number of benzene rings is 1. The molecule has 0 aliphatic rings. The lowest BCUT2D eigenvalue weighted by atomic mass is 10.1. The number of aryl methyl sites for hydroxylation is 1. The fourth-order valence-electron chi connectivity index (χ4n) is 1.95. The van der Waals surface area contributed by atoms with Gasteiger partial charge in [-0.05, 0) is 55.5 Å². The van der Waals surface area contributed by atoms with Crippen LogP contribution in [-0.2, 0) is 0 Å². The van der Waals surface area contributed by atoms with E-state index < -0.39 is 0 Å². The summed E-state index contributed by atoms with van der Waals surface area (Å²) in [4.78, 5) is 12.0. The van der Waals surface area contributed by atoms with Crippen LogP contribution in [0.3, 0.4) is 0 Å². The Morgan fingerprint density at radius 2 is 2.05 bits per heavy atom. The average molecular weight is 279 g/mol. The summed E-state index contributed by atoms with van der Waals surface area (Å²) in [5.41, 5.74) is 2.42. The second-order valence-corrected chi connectivity index (χ2v) is 4.55. The number of carbonyl (C=O) groups is 1. The van der Waals surface area contributed by atoms with Crippen LogP contribution in [0.2, 0.25) is 0 Å². The minimum absolute atomic E-state index is 0.0757. The van der Waals surface area contributed by atoms with Gasteiger partial charge in [-0.25, -0.2) is 4.68 Å². The first-order valence-electron chi connectivity index (χ1n) is 6.48. The summed E-state index contributed by atoms with van der Waals surface area (Å²) in [6.07, 6.45) is 6.40. The van der Waals surface area contributed by atoms with Crippen molar-refractivity contribution in [3.8, 4) is 5.69 Å². The van der Waals surface area contributed by atoms with Crippen LogP contribution in [0.4, 0.5) is 0 Å². The predicted octanol–water partition coefficient (Wildman–Crippen LogP) is 3.06. The van der Waals surface area contributed by atoms with E-state index in [2.05, 4.69) is 10.3 Å². The highest BCUT2D eigenvalue weighted by Crippen LogP contribution is 2.12. The first kappa shape index (κ1) is 13.1. The number of ketones is 1. The number of hydrogen-bond acceptors (Lipinski definition) is 4. The predicted molar refractivity (Wildman–Crippen MR) is 78.2 cm³/mol. The van der Waals surface area contributed by atoms with E-state index in [1.165, 1.54) is 6.08 Å². The van der Waals surface area contributed by atoms with Crippen molar-refractivity contribution in [2.45, 2.75) is 6.92 Å². The quantitative estimate of drug-likeness (QED) is 0.544. The highest BCUT2D eigenvalue weighted by Gasteiger charge is 2.05. The van der Waals surface area contributed by atoms with Gasteiger partial charge in [-0.3, -0.25) is 4.79 Å². The van der Waals surface area contributed by atoms with Crippen LogP contribution in [0.1, 0.15) is 21.8 Å². The maximum atomic E-state index is 12.0. The Hall–Kier alpha value is -2.95. The van der Waals surface area contributed by atoms with Crippen molar-refractivity contribution in [3.63, 3.8) is 0 Å². The average Bonchev–Trinajstić information content (AvgIpc) is 3.16. The molecule has 0 bridgehead atoms. The van der Waals surface area contributed by atoms with E-state index in [-0.39, 0.29) is 5.78 Å². The fourth-order valence-corrected chi connectivity index (χ4v) is 1.95. The molecule has 104 valence electrons. The molecular formula is C16H13N3O2. The van der Waals surface area contributed by atoms with Gasteiger partial charge in [-0.15, -0.1) is 5.10 Å². The second-order valence-electron chi connectivity index (χ2n) is 4.55. The fraction of sp³-hybridized carbons (Fsp3) is 0.0625. The summed E-state index contributed by atoms with van der Waals surface area (Å²) in [6, 6.07) is 10.8. The molecule has 5 heteroatoms. The summed E-state index contributed by atoms with van der Waals surface area (Å²) in [6.45, 7) is 1.92. The standard InChI is InChI=1S/C16H13N3O2/c1-12-11-17-18-19(12)14-6-4-13(5-7-14)16(20)9-8-15-3-2-10-21-15/h2-11H,1H3. The van der Waals surface area contributed by atoms with Crippen LogP contribution in [0.15, 0.2) is 59.4 Å². The third kappa shape index (κ3) is 2.81. The van der Waals surface area contributed by atoms with Crippen molar-refractivity contribution in [1.29, 1.82) is 0 Å². The van der Waals surface area contributed by atoms with Crippen LogP contribution in [0.5, 0.6) is 0 Å². The SMILES string of the molecule is Cc1cnnn1-c1ccc(C(=O)C=Cc2ccco2)cc1. The third-order valence-corrected chi connectivity index (χ3v) is 3.06. The van der Waals surface area contributed by atoms with E-state index in [1.807, 2.05) is 19.1 Å². The largest absolute Gasteiger partial charge is 0.465 e. The molecule has 21 heavy (non-hydrogen) atoms. The van der Waals surface area contributed by atoms with Gasteiger partial charge in [-0.1, -0.05) is 5.21 Å². The zero-order valence-corrected chi connectivity index (χ0v) is 11.4. The minimum Gasteiger partial charge on any atom is -0.465 e. The van der Waals surface area contributed by atoms with Gasteiger partial charge in [0.05, 0.1) is 23.8 Å². The van der Waals surface area contributed by atoms with Crippen molar-refractivity contribution in [3.05, 3.63) is 72.0 Å². The summed E-state index contributed by atoms with van der Waals surface area (Å²) in [5, 5.41) is 7.82. The molecule has 0 unspecified atom stereocenters. The van der Waals surface area contributed by atoms with Gasteiger partial charge in [0, 0.05) is 5.56 Å². The molecule has 5 nitrogen and oxygen atoms in total. The number of nitrogens with zero attached hydrogens (tertiary/aromatic N) is 3. The topological polar surface area (TPSA) is 60.9 Å². The molecule has 0 N–H and O–H groups in total. The minimum atomic E-state index is -0.0757. The summed E-state index contributed by atoms with van der Waals surface area (Å²) in [7, 11) is 0. The van der Waals surface area contributed by atoms with Gasteiger partial charge in [0.1, 0.15) is 5.76 Å². The van der Waals surface area contributed by atoms with E-state index in [4.69, 9.17) is 4.42 Å². The molecular weight excluding hydrogens is 266 g/mol. The van der Waals surface area contributed by atoms with Gasteiger partial charge < -0.3 is 4.42 Å². The van der Waals surface area contributed by atoms with Gasteiger partial charge in [0.15, 0.2) is 5.78 Å². The molecule has 0 saturated heterocycles. The van der Waals surface area contributed by atoms with Gasteiger partial charge >= 0.3 is 0 Å². The van der Waals surface area contributed by atoms with Crippen LogP contribution < -0.4 is 0 Å². The number of rotatable bonds is 4. The molecule has 0 aliphatic carbocycles. The van der Waals surface area contributed by atoms with Crippen LogP contribution in [0, 0.1) is 6.92 Å². The molecule has 0 atom stereocenters. The van der Waals surface area contributed by atoms with E-state index in [9.17, 15) is 4.79 Å². The van der Waals surface area contributed by atoms with E-state index in [0.717, 1.165) is 11.4 Å². The Bertz CT molecular complexity index is 768. The van der Waals surface area contributed by atoms with E-state index in [0.29, 0.717) is 11.3 Å². The van der Waals surface area contributed by atoms with Gasteiger partial charge in [0.25, 0.3) is 0 Å². The summed E-state index contributed by atoms with van der Waals surface area (Å²) >= 11 is 0. The Morgan fingerprint density at radius 3 is 2.67 bits per heavy atom. The molecule has 1 aromatic carbocycles. The molecule has 0 spiro atoms. The number of hydrogen-bond donors (Lipinski definition) is 0. The second kappa shape index (κ2) is 5.58. The van der Waals surface area contributed by atoms with Crippen molar-refractivity contribution in [2.24, 2.45) is 0 Å². The monoisotopic (exact) mass is 279 g/mol. The maximum absolute atomic E-state index is 12.0. The smallest absolute Gasteiger partial charge is 0.185 e. The molecule has 3 aromatic rings. The van der Waals surface area contributed by atoms with Gasteiger partial charge in [0.2, 0.25) is 0 Å². The Kier molecular flexibility index (Phi) is 3.47. The lowest BCUT2D eigenvalue weighted by Crippen LogP contribution is -2.00. The first-order valence-corrected chi connectivity index (χ1v) is 6.48. The van der Waals surface area contributed by atoms with Crippen LogP contribution in [-0.4, -0.2) is 20.8 Å². The summed E-state index contributed by atoms with van der Waals surface area (Å²) in [5.74, 6) is 0.575. The Morgan fingerprint density at radius 1 is 1.24 bits per heavy atom. The lowest BCUT2D eigenvalue weighted by molar-refractivity contribution is 0.104. The zero-order chi connectivity index (χ0) is 14.7. The van der Waals surface area contributed by atoms with E-state index >= 15 is 0 Å².